The molecule has 2 aromatic rings. The molecular weight excluding hydrogens is 230 g/mol. The Morgan fingerprint density at radius 3 is 2.78 bits per heavy atom. The third-order valence-electron chi connectivity index (χ3n) is 3.18. The van der Waals surface area contributed by atoms with E-state index in [0.29, 0.717) is 12.8 Å². The van der Waals surface area contributed by atoms with Gasteiger partial charge in [-0.05, 0) is 37.1 Å². The third-order valence-corrected chi connectivity index (χ3v) is 3.18. The van der Waals surface area contributed by atoms with Crippen LogP contribution in [0.3, 0.4) is 0 Å². The molecule has 4 heteroatoms. The van der Waals surface area contributed by atoms with Crippen LogP contribution < -0.4 is 4.74 Å². The standard InChI is InChI=1S/C14H17NO3/c1-9-11-8-10(17-2)4-5-13(11)15-12(9)6-7-14(16)18-3/h4-5,8,15H,6-7H2,1-3H3. The lowest BCUT2D eigenvalue weighted by atomic mass is 10.1. The van der Waals surface area contributed by atoms with E-state index in [4.69, 9.17) is 4.74 Å². The number of methoxy groups -OCH3 is 2. The minimum Gasteiger partial charge on any atom is -0.497 e. The van der Waals surface area contributed by atoms with Crippen LogP contribution in [-0.2, 0) is 16.0 Å². The predicted octanol–water partition coefficient (Wildman–Crippen LogP) is 2.59. The molecule has 0 atom stereocenters. The van der Waals surface area contributed by atoms with Gasteiger partial charge in [0.25, 0.3) is 0 Å². The van der Waals surface area contributed by atoms with E-state index in [2.05, 4.69) is 9.72 Å². The van der Waals surface area contributed by atoms with Crippen molar-refractivity contribution < 1.29 is 14.3 Å². The number of benzene rings is 1. The molecule has 18 heavy (non-hydrogen) atoms. The van der Waals surface area contributed by atoms with Gasteiger partial charge < -0.3 is 14.5 Å². The summed E-state index contributed by atoms with van der Waals surface area (Å²) < 4.78 is 9.86. The molecule has 0 amide bonds. The Hall–Kier alpha value is -1.97. The molecule has 1 heterocycles. The van der Waals surface area contributed by atoms with E-state index in [1.54, 1.807) is 7.11 Å². The van der Waals surface area contributed by atoms with Gasteiger partial charge in [0.2, 0.25) is 0 Å². The van der Waals surface area contributed by atoms with Crippen molar-refractivity contribution in [2.75, 3.05) is 14.2 Å². The molecule has 0 saturated carbocycles. The van der Waals surface area contributed by atoms with E-state index in [0.717, 1.165) is 27.9 Å². The summed E-state index contributed by atoms with van der Waals surface area (Å²) in [7, 11) is 3.06. The molecule has 4 nitrogen and oxygen atoms in total. The first-order valence-corrected chi connectivity index (χ1v) is 5.87. The van der Waals surface area contributed by atoms with Crippen molar-refractivity contribution in [3.8, 4) is 5.75 Å². The number of aromatic amines is 1. The normalized spacial score (nSPS) is 10.6. The van der Waals surface area contributed by atoms with Crippen LogP contribution in [-0.4, -0.2) is 25.2 Å². The molecule has 0 aliphatic heterocycles. The SMILES string of the molecule is COC(=O)CCc1[nH]c2ccc(OC)cc2c1C. The molecule has 1 aromatic heterocycles. The zero-order valence-electron chi connectivity index (χ0n) is 10.9. The maximum atomic E-state index is 11.2. The molecule has 0 unspecified atom stereocenters. The summed E-state index contributed by atoms with van der Waals surface area (Å²) in [5.41, 5.74) is 3.30. The maximum Gasteiger partial charge on any atom is 0.305 e. The number of aryl methyl sites for hydroxylation is 2. The van der Waals surface area contributed by atoms with E-state index < -0.39 is 0 Å². The minimum atomic E-state index is -0.189. The average molecular weight is 247 g/mol. The Balaban J connectivity index is 2.29. The summed E-state index contributed by atoms with van der Waals surface area (Å²) >= 11 is 0. The van der Waals surface area contributed by atoms with Crippen LogP contribution in [0.4, 0.5) is 0 Å². The Bertz CT molecular complexity index is 572. The van der Waals surface area contributed by atoms with E-state index in [9.17, 15) is 4.79 Å². The van der Waals surface area contributed by atoms with Gasteiger partial charge in [-0.3, -0.25) is 4.79 Å². The Morgan fingerprint density at radius 2 is 2.11 bits per heavy atom. The van der Waals surface area contributed by atoms with Gasteiger partial charge in [0.05, 0.1) is 20.6 Å². The monoisotopic (exact) mass is 247 g/mol. The lowest BCUT2D eigenvalue weighted by molar-refractivity contribution is -0.140. The lowest BCUT2D eigenvalue weighted by Crippen LogP contribution is -2.02. The molecule has 0 radical (unpaired) electrons. The highest BCUT2D eigenvalue weighted by Crippen LogP contribution is 2.26. The highest BCUT2D eigenvalue weighted by atomic mass is 16.5. The minimum absolute atomic E-state index is 0.189. The number of H-pyrrole nitrogens is 1. The molecule has 1 aromatic carbocycles. The molecule has 0 aliphatic carbocycles. The van der Waals surface area contributed by atoms with Gasteiger partial charge in [0.1, 0.15) is 5.75 Å². The van der Waals surface area contributed by atoms with Crippen molar-refractivity contribution >= 4 is 16.9 Å². The van der Waals surface area contributed by atoms with E-state index in [1.165, 1.54) is 7.11 Å². The molecule has 0 aliphatic rings. The van der Waals surface area contributed by atoms with Gasteiger partial charge in [-0.15, -0.1) is 0 Å². The van der Waals surface area contributed by atoms with Crippen LogP contribution in [0.2, 0.25) is 0 Å². The first-order chi connectivity index (χ1) is 8.65. The number of aromatic nitrogens is 1. The molecule has 0 spiro atoms. The molecule has 96 valence electrons. The van der Waals surface area contributed by atoms with Crippen molar-refractivity contribution in [1.29, 1.82) is 0 Å². The van der Waals surface area contributed by atoms with Crippen molar-refractivity contribution in [2.24, 2.45) is 0 Å². The first kappa shape index (κ1) is 12.5. The molecule has 0 bridgehead atoms. The van der Waals surface area contributed by atoms with Crippen LogP contribution in [0.5, 0.6) is 5.75 Å². The second kappa shape index (κ2) is 5.12. The topological polar surface area (TPSA) is 51.3 Å². The Labute approximate surface area is 106 Å². The number of esters is 1. The maximum absolute atomic E-state index is 11.2. The number of nitrogens with one attached hydrogen (secondary N) is 1. The Kier molecular flexibility index (Phi) is 3.55. The highest BCUT2D eigenvalue weighted by molar-refractivity contribution is 5.86. The van der Waals surface area contributed by atoms with E-state index >= 15 is 0 Å². The van der Waals surface area contributed by atoms with Crippen molar-refractivity contribution in [1.82, 2.24) is 4.98 Å². The van der Waals surface area contributed by atoms with Gasteiger partial charge in [0.15, 0.2) is 0 Å². The fourth-order valence-electron chi connectivity index (χ4n) is 2.07. The van der Waals surface area contributed by atoms with E-state index in [1.807, 2.05) is 25.1 Å². The van der Waals surface area contributed by atoms with Crippen LogP contribution in [0.15, 0.2) is 18.2 Å². The van der Waals surface area contributed by atoms with Gasteiger partial charge >= 0.3 is 5.97 Å². The lowest BCUT2D eigenvalue weighted by Gasteiger charge is -2.00. The number of rotatable bonds is 4. The quantitative estimate of drug-likeness (QED) is 0.845. The number of carbonyl (C=O) groups excluding carboxylic acids is 1. The van der Waals surface area contributed by atoms with Crippen molar-refractivity contribution in [3.63, 3.8) is 0 Å². The zero-order chi connectivity index (χ0) is 13.1. The van der Waals surface area contributed by atoms with Crippen LogP contribution in [0, 0.1) is 6.92 Å². The molecular formula is C14H17NO3. The second-order valence-electron chi connectivity index (χ2n) is 4.22. The van der Waals surface area contributed by atoms with Crippen LogP contribution in [0.1, 0.15) is 17.7 Å². The van der Waals surface area contributed by atoms with Crippen LogP contribution >= 0.6 is 0 Å². The third kappa shape index (κ3) is 2.32. The molecule has 0 fully saturated rings. The summed E-state index contributed by atoms with van der Waals surface area (Å²) in [5.74, 6) is 0.648. The van der Waals surface area contributed by atoms with Crippen LogP contribution in [0.25, 0.3) is 10.9 Å². The number of hydrogen-bond acceptors (Lipinski definition) is 3. The summed E-state index contributed by atoms with van der Waals surface area (Å²) in [4.78, 5) is 14.5. The van der Waals surface area contributed by atoms with Crippen molar-refractivity contribution in [2.45, 2.75) is 19.8 Å². The summed E-state index contributed by atoms with van der Waals surface area (Å²) in [6.45, 7) is 2.05. The van der Waals surface area contributed by atoms with Gasteiger partial charge in [0, 0.05) is 16.6 Å². The van der Waals surface area contributed by atoms with Gasteiger partial charge in [-0.2, -0.15) is 0 Å². The number of hydrogen-bond donors (Lipinski definition) is 1. The number of fused-ring (bicyclic) bond motifs is 1. The second-order valence-corrected chi connectivity index (χ2v) is 4.22. The van der Waals surface area contributed by atoms with Crippen molar-refractivity contribution in [3.05, 3.63) is 29.5 Å². The number of carbonyl (C=O) groups is 1. The summed E-state index contributed by atoms with van der Waals surface area (Å²) in [6.07, 6.45) is 1.05. The number of ether oxygens (including phenoxy) is 2. The van der Waals surface area contributed by atoms with Gasteiger partial charge in [-0.1, -0.05) is 0 Å². The molecule has 0 saturated heterocycles. The fraction of sp³-hybridized carbons (Fsp3) is 0.357. The smallest absolute Gasteiger partial charge is 0.305 e. The summed E-state index contributed by atoms with van der Waals surface area (Å²) in [6, 6.07) is 5.91. The first-order valence-electron chi connectivity index (χ1n) is 5.87. The largest absolute Gasteiger partial charge is 0.497 e. The average Bonchev–Trinajstić information content (AvgIpc) is 2.72. The molecule has 2 rings (SSSR count). The predicted molar refractivity (Wildman–Crippen MR) is 69.9 cm³/mol. The highest BCUT2D eigenvalue weighted by Gasteiger charge is 2.10. The zero-order valence-corrected chi connectivity index (χ0v) is 10.9. The fourth-order valence-corrected chi connectivity index (χ4v) is 2.07. The summed E-state index contributed by atoms with van der Waals surface area (Å²) in [5, 5.41) is 1.13. The van der Waals surface area contributed by atoms with Gasteiger partial charge in [-0.25, -0.2) is 0 Å². The Morgan fingerprint density at radius 1 is 1.33 bits per heavy atom. The molecule has 1 N–H and O–H groups in total. The van der Waals surface area contributed by atoms with E-state index in [-0.39, 0.29) is 5.97 Å².